The van der Waals surface area contributed by atoms with Gasteiger partial charge in [-0.05, 0) is 24.6 Å². The molecule has 2 aromatic rings. The fourth-order valence-corrected chi connectivity index (χ4v) is 3.00. The van der Waals surface area contributed by atoms with E-state index in [9.17, 15) is 4.79 Å². The van der Waals surface area contributed by atoms with Crippen molar-refractivity contribution in [3.63, 3.8) is 0 Å². The molecule has 0 radical (unpaired) electrons. The molecule has 2 aromatic heterocycles. The zero-order valence-electron chi connectivity index (χ0n) is 14.3. The van der Waals surface area contributed by atoms with Crippen LogP contribution in [-0.2, 0) is 0 Å². The summed E-state index contributed by atoms with van der Waals surface area (Å²) in [6.07, 6.45) is 3.01. The van der Waals surface area contributed by atoms with Crippen molar-refractivity contribution in [2.45, 2.75) is 6.92 Å². The third kappa shape index (κ3) is 3.10. The van der Waals surface area contributed by atoms with Gasteiger partial charge >= 0.3 is 0 Å². The van der Waals surface area contributed by atoms with Crippen molar-refractivity contribution in [1.29, 1.82) is 10.5 Å². The van der Waals surface area contributed by atoms with E-state index < -0.39 is 0 Å². The molecule has 1 N–H and O–H groups in total. The average molecular weight is 335 g/mol. The third-order valence-corrected chi connectivity index (χ3v) is 4.51. The van der Waals surface area contributed by atoms with Gasteiger partial charge in [0.05, 0.1) is 38.8 Å². The number of nitriles is 2. The molecule has 0 amide bonds. The van der Waals surface area contributed by atoms with Crippen molar-refractivity contribution in [3.05, 3.63) is 45.4 Å². The lowest BCUT2D eigenvalue weighted by atomic mass is 10.1. The van der Waals surface area contributed by atoms with E-state index in [4.69, 9.17) is 15.5 Å². The van der Waals surface area contributed by atoms with Crippen LogP contribution in [-0.4, -0.2) is 42.6 Å². The number of hydrogen-bond donors (Lipinski definition) is 1. The van der Waals surface area contributed by atoms with Crippen LogP contribution >= 0.6 is 0 Å². The Labute approximate surface area is 145 Å². The van der Waals surface area contributed by atoms with Crippen LogP contribution in [0, 0.1) is 29.6 Å². The SMILES string of the molecule is Cc1cccn2c(=O)c(C=C(C#N)C#N)c(N3CC[NH+](C)CC3)nc12. The summed E-state index contributed by atoms with van der Waals surface area (Å²) in [5.41, 5.74) is 1.42. The molecule has 0 bridgehead atoms. The quantitative estimate of drug-likeness (QED) is 0.766. The van der Waals surface area contributed by atoms with E-state index in [1.165, 1.54) is 15.4 Å². The number of aromatic nitrogens is 2. The van der Waals surface area contributed by atoms with Crippen molar-refractivity contribution in [2.24, 2.45) is 0 Å². The first-order chi connectivity index (χ1) is 12.0. The highest BCUT2D eigenvalue weighted by atomic mass is 16.1. The van der Waals surface area contributed by atoms with Crippen LogP contribution in [0.25, 0.3) is 11.7 Å². The maximum Gasteiger partial charge on any atom is 0.267 e. The molecule has 7 nitrogen and oxygen atoms in total. The monoisotopic (exact) mass is 335 g/mol. The molecule has 1 saturated heterocycles. The summed E-state index contributed by atoms with van der Waals surface area (Å²) in [6.45, 7) is 5.35. The Morgan fingerprint density at radius 2 is 2.00 bits per heavy atom. The lowest BCUT2D eigenvalue weighted by Crippen LogP contribution is -3.12. The number of aryl methyl sites for hydroxylation is 1. The van der Waals surface area contributed by atoms with Crippen LogP contribution in [0.5, 0.6) is 0 Å². The lowest BCUT2D eigenvalue weighted by Gasteiger charge is -2.31. The first-order valence-electron chi connectivity index (χ1n) is 8.15. The number of likely N-dealkylation sites (N-methyl/N-ethyl adjacent to an activating group) is 1. The van der Waals surface area contributed by atoms with Gasteiger partial charge < -0.3 is 9.80 Å². The number of allylic oxidation sites excluding steroid dienone is 1. The fraction of sp³-hybridized carbons (Fsp3) is 0.333. The zero-order valence-corrected chi connectivity index (χ0v) is 14.3. The van der Waals surface area contributed by atoms with E-state index in [2.05, 4.69) is 11.9 Å². The van der Waals surface area contributed by atoms with E-state index in [0.717, 1.165) is 31.7 Å². The molecule has 0 atom stereocenters. The van der Waals surface area contributed by atoms with Crippen LogP contribution in [0.4, 0.5) is 5.82 Å². The Bertz CT molecular complexity index is 968. The van der Waals surface area contributed by atoms with Crippen LogP contribution < -0.4 is 15.4 Å². The van der Waals surface area contributed by atoms with Crippen molar-refractivity contribution in [2.75, 3.05) is 38.1 Å². The minimum absolute atomic E-state index is 0.104. The number of nitrogens with one attached hydrogen (secondary N) is 1. The molecule has 0 spiro atoms. The van der Waals surface area contributed by atoms with Crippen molar-refractivity contribution >= 4 is 17.5 Å². The highest BCUT2D eigenvalue weighted by molar-refractivity contribution is 5.72. The molecular weight excluding hydrogens is 316 g/mol. The van der Waals surface area contributed by atoms with E-state index in [1.807, 2.05) is 25.1 Å². The van der Waals surface area contributed by atoms with Crippen molar-refractivity contribution in [3.8, 4) is 12.1 Å². The number of quaternary nitrogens is 1. The molecule has 0 unspecified atom stereocenters. The molecule has 0 saturated carbocycles. The summed E-state index contributed by atoms with van der Waals surface area (Å²) in [5.74, 6) is 0.551. The van der Waals surface area contributed by atoms with E-state index in [-0.39, 0.29) is 11.1 Å². The van der Waals surface area contributed by atoms with Crippen molar-refractivity contribution in [1.82, 2.24) is 9.38 Å². The molecule has 1 fully saturated rings. The summed E-state index contributed by atoms with van der Waals surface area (Å²) >= 11 is 0. The van der Waals surface area contributed by atoms with Gasteiger partial charge in [0.15, 0.2) is 0 Å². The van der Waals surface area contributed by atoms with Crippen LogP contribution in [0.2, 0.25) is 0 Å². The minimum Gasteiger partial charge on any atom is -0.345 e. The largest absolute Gasteiger partial charge is 0.345 e. The second-order valence-corrected chi connectivity index (χ2v) is 6.26. The summed E-state index contributed by atoms with van der Waals surface area (Å²) in [5, 5.41) is 18.2. The number of anilines is 1. The van der Waals surface area contributed by atoms with Gasteiger partial charge in [-0.1, -0.05) is 6.07 Å². The first-order valence-corrected chi connectivity index (χ1v) is 8.15. The van der Waals surface area contributed by atoms with Crippen molar-refractivity contribution < 1.29 is 4.90 Å². The second-order valence-electron chi connectivity index (χ2n) is 6.26. The Kier molecular flexibility index (Phi) is 4.51. The lowest BCUT2D eigenvalue weighted by molar-refractivity contribution is -0.880. The molecule has 25 heavy (non-hydrogen) atoms. The van der Waals surface area contributed by atoms with Gasteiger partial charge in [0.2, 0.25) is 0 Å². The highest BCUT2D eigenvalue weighted by Gasteiger charge is 2.23. The Morgan fingerprint density at radius 3 is 2.64 bits per heavy atom. The Balaban J connectivity index is 2.27. The fourth-order valence-electron chi connectivity index (χ4n) is 3.00. The number of piperazine rings is 1. The average Bonchev–Trinajstić information content (AvgIpc) is 2.62. The zero-order chi connectivity index (χ0) is 18.0. The number of hydrogen-bond acceptors (Lipinski definition) is 5. The minimum atomic E-state index is -0.266. The number of nitrogens with zero attached hydrogens (tertiary/aromatic N) is 5. The maximum atomic E-state index is 13.0. The third-order valence-electron chi connectivity index (χ3n) is 4.51. The number of rotatable bonds is 2. The predicted octanol–water partition coefficient (Wildman–Crippen LogP) is -0.232. The van der Waals surface area contributed by atoms with Gasteiger partial charge in [-0.3, -0.25) is 9.20 Å². The maximum absolute atomic E-state index is 13.0. The summed E-state index contributed by atoms with van der Waals surface area (Å²) in [6, 6.07) is 7.34. The number of fused-ring (bicyclic) bond motifs is 1. The summed E-state index contributed by atoms with van der Waals surface area (Å²) in [4.78, 5) is 21.2. The first kappa shape index (κ1) is 16.7. The van der Waals surface area contributed by atoms with Crippen LogP contribution in [0.3, 0.4) is 0 Å². The molecular formula is C18H19N6O+. The number of pyridine rings is 1. The van der Waals surface area contributed by atoms with Gasteiger partial charge in [0.25, 0.3) is 5.56 Å². The normalized spacial score (nSPS) is 14.8. The smallest absolute Gasteiger partial charge is 0.267 e. The molecule has 0 aromatic carbocycles. The topological polar surface area (TPSA) is 89.6 Å². The predicted molar refractivity (Wildman–Crippen MR) is 94.2 cm³/mol. The molecule has 0 aliphatic carbocycles. The molecule has 1 aliphatic rings. The summed E-state index contributed by atoms with van der Waals surface area (Å²) < 4.78 is 1.47. The van der Waals surface area contributed by atoms with E-state index >= 15 is 0 Å². The summed E-state index contributed by atoms with van der Waals surface area (Å²) in [7, 11) is 2.13. The molecule has 126 valence electrons. The molecule has 3 rings (SSSR count). The standard InChI is InChI=1S/C18H18N6O/c1-13-4-3-5-24-16(13)21-17(23-8-6-22(2)7-9-23)15(18(24)25)10-14(11-19)12-20/h3-5,10H,6-9H2,1-2H3/p+1. The van der Waals surface area contributed by atoms with E-state index in [1.54, 1.807) is 12.3 Å². The van der Waals surface area contributed by atoms with Gasteiger partial charge in [-0.2, -0.15) is 10.5 Å². The Morgan fingerprint density at radius 1 is 1.32 bits per heavy atom. The molecule has 1 aliphatic heterocycles. The van der Waals surface area contributed by atoms with Gasteiger partial charge in [0, 0.05) is 6.20 Å². The van der Waals surface area contributed by atoms with Gasteiger partial charge in [-0.25, -0.2) is 4.98 Å². The van der Waals surface area contributed by atoms with Crippen LogP contribution in [0.1, 0.15) is 11.1 Å². The van der Waals surface area contributed by atoms with E-state index in [0.29, 0.717) is 17.0 Å². The highest BCUT2D eigenvalue weighted by Crippen LogP contribution is 2.20. The molecule has 7 heteroatoms. The van der Waals surface area contributed by atoms with Gasteiger partial charge in [-0.15, -0.1) is 0 Å². The molecule has 3 heterocycles. The second kappa shape index (κ2) is 6.76. The Hall–Kier alpha value is -3.16. The van der Waals surface area contributed by atoms with Gasteiger partial charge in [0.1, 0.15) is 29.2 Å². The van der Waals surface area contributed by atoms with Crippen LogP contribution in [0.15, 0.2) is 28.7 Å².